The second-order valence-electron chi connectivity index (χ2n) is 6.11. The third-order valence-corrected chi connectivity index (χ3v) is 4.69. The van der Waals surface area contributed by atoms with Gasteiger partial charge in [0.1, 0.15) is 22.9 Å². The Morgan fingerprint density at radius 3 is 2.48 bits per heavy atom. The summed E-state index contributed by atoms with van der Waals surface area (Å²) in [7, 11) is 4.81. The summed E-state index contributed by atoms with van der Waals surface area (Å²) in [6.07, 6.45) is 0. The molecule has 138 valence electrons. The third kappa shape index (κ3) is 2.77. The van der Waals surface area contributed by atoms with Crippen molar-refractivity contribution in [3.8, 4) is 28.5 Å². The zero-order valence-corrected chi connectivity index (χ0v) is 15.2. The predicted octanol–water partition coefficient (Wildman–Crippen LogP) is 2.94. The van der Waals surface area contributed by atoms with Crippen LogP contribution in [-0.4, -0.2) is 37.4 Å². The molecular weight excluding hydrogens is 346 g/mol. The number of nitrogens with zero attached hydrogens (tertiary/aromatic N) is 1. The SMILES string of the molecule is COc1cccc(-c2n[nH]c3c2[C@@H](c2cc(OC)ccc2OC)NC3=O)c1. The largest absolute Gasteiger partial charge is 0.497 e. The van der Waals surface area contributed by atoms with Gasteiger partial charge in [0, 0.05) is 16.7 Å². The first-order valence-electron chi connectivity index (χ1n) is 8.41. The fraction of sp³-hybridized carbons (Fsp3) is 0.200. The van der Waals surface area contributed by atoms with Gasteiger partial charge in [-0.25, -0.2) is 0 Å². The first kappa shape index (κ1) is 17.0. The van der Waals surface area contributed by atoms with E-state index >= 15 is 0 Å². The molecule has 4 rings (SSSR count). The number of aromatic amines is 1. The van der Waals surface area contributed by atoms with Gasteiger partial charge in [0.05, 0.1) is 33.1 Å². The zero-order chi connectivity index (χ0) is 19.0. The molecule has 27 heavy (non-hydrogen) atoms. The highest BCUT2D eigenvalue weighted by atomic mass is 16.5. The molecule has 1 aromatic heterocycles. The lowest BCUT2D eigenvalue weighted by Gasteiger charge is -2.17. The molecule has 1 atom stereocenters. The minimum absolute atomic E-state index is 0.207. The van der Waals surface area contributed by atoms with E-state index < -0.39 is 6.04 Å². The molecule has 0 radical (unpaired) electrons. The maximum atomic E-state index is 12.5. The first-order chi connectivity index (χ1) is 13.2. The summed E-state index contributed by atoms with van der Waals surface area (Å²) >= 11 is 0. The summed E-state index contributed by atoms with van der Waals surface area (Å²) in [6, 6.07) is 12.7. The van der Waals surface area contributed by atoms with Crippen LogP contribution in [0.3, 0.4) is 0 Å². The number of aromatic nitrogens is 2. The lowest BCUT2D eigenvalue weighted by Crippen LogP contribution is -2.21. The molecule has 2 N–H and O–H groups in total. The molecule has 2 heterocycles. The van der Waals surface area contributed by atoms with Gasteiger partial charge in [-0.15, -0.1) is 0 Å². The van der Waals surface area contributed by atoms with Gasteiger partial charge in [0.2, 0.25) is 0 Å². The van der Waals surface area contributed by atoms with Gasteiger partial charge in [-0.1, -0.05) is 12.1 Å². The van der Waals surface area contributed by atoms with Crippen LogP contribution >= 0.6 is 0 Å². The Kier molecular flexibility index (Phi) is 4.19. The quantitative estimate of drug-likeness (QED) is 0.726. The van der Waals surface area contributed by atoms with Crippen molar-refractivity contribution in [2.45, 2.75) is 6.04 Å². The van der Waals surface area contributed by atoms with Crippen LogP contribution in [0.15, 0.2) is 42.5 Å². The van der Waals surface area contributed by atoms with E-state index in [1.807, 2.05) is 42.5 Å². The van der Waals surface area contributed by atoms with Crippen LogP contribution in [0.25, 0.3) is 11.3 Å². The molecule has 7 nitrogen and oxygen atoms in total. The summed E-state index contributed by atoms with van der Waals surface area (Å²) in [5.74, 6) is 1.85. The van der Waals surface area contributed by atoms with E-state index in [9.17, 15) is 4.79 Å². The highest BCUT2D eigenvalue weighted by Crippen LogP contribution is 2.41. The van der Waals surface area contributed by atoms with E-state index in [1.54, 1.807) is 21.3 Å². The van der Waals surface area contributed by atoms with Gasteiger partial charge in [-0.2, -0.15) is 5.10 Å². The lowest BCUT2D eigenvalue weighted by molar-refractivity contribution is 0.0955. The van der Waals surface area contributed by atoms with Crippen LogP contribution in [0.2, 0.25) is 0 Å². The number of hydrogen-bond donors (Lipinski definition) is 2. The molecule has 0 spiro atoms. The van der Waals surface area contributed by atoms with E-state index in [0.29, 0.717) is 22.9 Å². The highest BCUT2D eigenvalue weighted by Gasteiger charge is 2.37. The number of ether oxygens (including phenoxy) is 3. The third-order valence-electron chi connectivity index (χ3n) is 4.69. The molecule has 0 unspecified atom stereocenters. The van der Waals surface area contributed by atoms with Crippen molar-refractivity contribution >= 4 is 5.91 Å². The van der Waals surface area contributed by atoms with Gasteiger partial charge >= 0.3 is 0 Å². The number of benzene rings is 2. The van der Waals surface area contributed by atoms with Crippen LogP contribution in [0.1, 0.15) is 27.7 Å². The standard InChI is InChI=1S/C20H19N3O4/c1-25-12-6-4-5-11(9-12)17-16-18(21-20(24)19(16)23-22-17)14-10-13(26-2)7-8-15(14)27-3/h4-10,18H,1-3H3,(H,21,24)(H,22,23)/t18-/m1/s1. The van der Waals surface area contributed by atoms with Gasteiger partial charge < -0.3 is 19.5 Å². The molecule has 3 aromatic rings. The number of carbonyl (C=O) groups is 1. The van der Waals surface area contributed by atoms with Crippen LogP contribution in [0, 0.1) is 0 Å². The molecule has 1 aliphatic heterocycles. The van der Waals surface area contributed by atoms with Crippen LogP contribution in [0.4, 0.5) is 0 Å². The van der Waals surface area contributed by atoms with Gasteiger partial charge in [-0.3, -0.25) is 9.89 Å². The first-order valence-corrected chi connectivity index (χ1v) is 8.41. The number of rotatable bonds is 5. The van der Waals surface area contributed by atoms with Crippen molar-refractivity contribution in [1.29, 1.82) is 0 Å². The Balaban J connectivity index is 1.87. The molecule has 1 amide bonds. The fourth-order valence-corrected chi connectivity index (χ4v) is 3.37. The van der Waals surface area contributed by atoms with Crippen LogP contribution < -0.4 is 19.5 Å². The van der Waals surface area contributed by atoms with Crippen molar-refractivity contribution in [3.63, 3.8) is 0 Å². The Labute approximate surface area is 156 Å². The van der Waals surface area contributed by atoms with E-state index in [4.69, 9.17) is 14.2 Å². The molecule has 7 heteroatoms. The van der Waals surface area contributed by atoms with Crippen molar-refractivity contribution in [2.24, 2.45) is 0 Å². The van der Waals surface area contributed by atoms with E-state index in [1.165, 1.54) is 0 Å². The Hall–Kier alpha value is -3.48. The van der Waals surface area contributed by atoms with E-state index in [2.05, 4.69) is 15.5 Å². The second-order valence-corrected chi connectivity index (χ2v) is 6.11. The van der Waals surface area contributed by atoms with Crippen LogP contribution in [-0.2, 0) is 0 Å². The summed E-state index contributed by atoms with van der Waals surface area (Å²) in [6.45, 7) is 0. The highest BCUT2D eigenvalue weighted by molar-refractivity contribution is 6.00. The summed E-state index contributed by atoms with van der Waals surface area (Å²) < 4.78 is 16.2. The average molecular weight is 365 g/mol. The maximum absolute atomic E-state index is 12.5. The summed E-state index contributed by atoms with van der Waals surface area (Å²) in [5, 5.41) is 10.3. The summed E-state index contributed by atoms with van der Waals surface area (Å²) in [5.41, 5.74) is 3.57. The minimum atomic E-state index is -0.405. The number of nitrogens with one attached hydrogen (secondary N) is 2. The van der Waals surface area contributed by atoms with Gasteiger partial charge in [-0.05, 0) is 30.3 Å². The Morgan fingerprint density at radius 2 is 1.74 bits per heavy atom. The van der Waals surface area contributed by atoms with Gasteiger partial charge in [0.15, 0.2) is 0 Å². The lowest BCUT2D eigenvalue weighted by atomic mass is 9.96. The zero-order valence-electron chi connectivity index (χ0n) is 15.2. The molecular formula is C20H19N3O4. The van der Waals surface area contributed by atoms with Crippen LogP contribution in [0.5, 0.6) is 17.2 Å². The molecule has 0 bridgehead atoms. The number of carbonyl (C=O) groups excluding carboxylic acids is 1. The molecule has 0 fully saturated rings. The molecule has 0 saturated carbocycles. The number of amides is 1. The van der Waals surface area contributed by atoms with Gasteiger partial charge in [0.25, 0.3) is 5.91 Å². The smallest absolute Gasteiger partial charge is 0.270 e. The van der Waals surface area contributed by atoms with Crippen molar-refractivity contribution in [2.75, 3.05) is 21.3 Å². The Morgan fingerprint density at radius 1 is 0.963 bits per heavy atom. The summed E-state index contributed by atoms with van der Waals surface area (Å²) in [4.78, 5) is 12.5. The number of H-pyrrole nitrogens is 1. The number of fused-ring (bicyclic) bond motifs is 1. The van der Waals surface area contributed by atoms with Crippen molar-refractivity contribution in [1.82, 2.24) is 15.5 Å². The molecule has 0 saturated heterocycles. The Bertz CT molecular complexity index is 1010. The van der Waals surface area contributed by atoms with E-state index in [-0.39, 0.29) is 5.91 Å². The average Bonchev–Trinajstić information content (AvgIpc) is 3.29. The number of hydrogen-bond acceptors (Lipinski definition) is 5. The van der Waals surface area contributed by atoms with Crippen molar-refractivity contribution < 1.29 is 19.0 Å². The molecule has 1 aliphatic rings. The van der Waals surface area contributed by atoms with E-state index in [0.717, 1.165) is 22.4 Å². The normalized spacial score (nSPS) is 15.2. The maximum Gasteiger partial charge on any atom is 0.270 e. The predicted molar refractivity (Wildman–Crippen MR) is 99.4 cm³/mol. The molecule has 2 aromatic carbocycles. The fourth-order valence-electron chi connectivity index (χ4n) is 3.37. The monoisotopic (exact) mass is 365 g/mol. The topological polar surface area (TPSA) is 85.5 Å². The van der Waals surface area contributed by atoms with Crippen molar-refractivity contribution in [3.05, 3.63) is 59.3 Å². The second kappa shape index (κ2) is 6.68. The molecule has 0 aliphatic carbocycles. The number of methoxy groups -OCH3 is 3. The minimum Gasteiger partial charge on any atom is -0.497 e.